The van der Waals surface area contributed by atoms with E-state index in [2.05, 4.69) is 10.6 Å². The second-order valence-electron chi connectivity index (χ2n) is 4.22. The monoisotopic (exact) mass is 285 g/mol. The molecule has 106 valence electrons. The van der Waals surface area contributed by atoms with E-state index in [-0.39, 0.29) is 18.2 Å². The molecule has 0 radical (unpaired) electrons. The van der Waals surface area contributed by atoms with Crippen molar-refractivity contribution in [1.29, 1.82) is 0 Å². The van der Waals surface area contributed by atoms with E-state index in [4.69, 9.17) is 5.73 Å². The predicted molar refractivity (Wildman–Crippen MR) is 77.1 cm³/mol. The first-order chi connectivity index (χ1) is 8.83. The Balaban J connectivity index is 2.70. The van der Waals surface area contributed by atoms with Crippen molar-refractivity contribution in [2.45, 2.75) is 6.92 Å². The maximum atomic E-state index is 11.6. The summed E-state index contributed by atoms with van der Waals surface area (Å²) in [6, 6.07) is 4.88. The van der Waals surface area contributed by atoms with Gasteiger partial charge in [0.1, 0.15) is 9.84 Å². The van der Waals surface area contributed by atoms with Gasteiger partial charge in [-0.05, 0) is 25.1 Å². The van der Waals surface area contributed by atoms with E-state index in [9.17, 15) is 13.2 Å². The zero-order valence-corrected chi connectivity index (χ0v) is 11.9. The zero-order chi connectivity index (χ0) is 14.5. The largest absolute Gasteiger partial charge is 0.397 e. The summed E-state index contributed by atoms with van der Waals surface area (Å²) in [6.07, 6.45) is 1.18. The number of rotatable bonds is 6. The molecule has 7 heteroatoms. The number of hydrogen-bond acceptors (Lipinski definition) is 5. The molecule has 1 aromatic carbocycles. The number of carbonyl (C=O) groups is 1. The van der Waals surface area contributed by atoms with Crippen LogP contribution in [0, 0.1) is 0 Å². The fourth-order valence-corrected chi connectivity index (χ4v) is 1.97. The van der Waals surface area contributed by atoms with Gasteiger partial charge >= 0.3 is 0 Å². The summed E-state index contributed by atoms with van der Waals surface area (Å²) in [6.45, 7) is 2.67. The van der Waals surface area contributed by atoms with Crippen LogP contribution in [0.2, 0.25) is 0 Å². The first-order valence-electron chi connectivity index (χ1n) is 5.93. The Kier molecular flexibility index (Phi) is 5.17. The van der Waals surface area contributed by atoms with Gasteiger partial charge in [0.2, 0.25) is 0 Å². The predicted octanol–water partition coefficient (Wildman–Crippen LogP) is 0.475. The van der Waals surface area contributed by atoms with Gasteiger partial charge in [-0.2, -0.15) is 0 Å². The van der Waals surface area contributed by atoms with E-state index in [1.54, 1.807) is 18.2 Å². The van der Waals surface area contributed by atoms with Crippen LogP contribution in [0.4, 0.5) is 11.4 Å². The van der Waals surface area contributed by atoms with Crippen molar-refractivity contribution in [2.75, 3.05) is 36.1 Å². The highest BCUT2D eigenvalue weighted by molar-refractivity contribution is 7.90. The Bertz CT molecular complexity index is 555. The van der Waals surface area contributed by atoms with Crippen LogP contribution in [0.25, 0.3) is 0 Å². The smallest absolute Gasteiger partial charge is 0.251 e. The number of sulfone groups is 1. The Labute approximate surface area is 113 Å². The SMILES string of the molecule is CCNC(=O)c1ccc(NCCS(C)(=O)=O)c(N)c1. The quantitative estimate of drug-likeness (QED) is 0.660. The average molecular weight is 285 g/mol. The molecule has 0 aliphatic carbocycles. The molecular weight excluding hydrogens is 266 g/mol. The molecule has 1 amide bonds. The third-order valence-electron chi connectivity index (χ3n) is 2.44. The van der Waals surface area contributed by atoms with Crippen LogP contribution in [0.15, 0.2) is 18.2 Å². The summed E-state index contributed by atoms with van der Waals surface area (Å²) in [5.41, 5.74) is 7.33. The lowest BCUT2D eigenvalue weighted by Crippen LogP contribution is -2.22. The number of benzene rings is 1. The van der Waals surface area contributed by atoms with E-state index >= 15 is 0 Å². The minimum atomic E-state index is -3.00. The van der Waals surface area contributed by atoms with Crippen molar-refractivity contribution < 1.29 is 13.2 Å². The van der Waals surface area contributed by atoms with Gasteiger partial charge in [-0.3, -0.25) is 4.79 Å². The van der Waals surface area contributed by atoms with Crippen LogP contribution in [-0.4, -0.2) is 39.4 Å². The van der Waals surface area contributed by atoms with Crippen LogP contribution in [0.3, 0.4) is 0 Å². The first-order valence-corrected chi connectivity index (χ1v) is 7.99. The van der Waals surface area contributed by atoms with E-state index in [0.29, 0.717) is 23.5 Å². The number of carbonyl (C=O) groups excluding carboxylic acids is 1. The molecule has 0 aliphatic heterocycles. The van der Waals surface area contributed by atoms with Crippen molar-refractivity contribution in [3.63, 3.8) is 0 Å². The Morgan fingerprint density at radius 3 is 2.58 bits per heavy atom. The molecule has 19 heavy (non-hydrogen) atoms. The summed E-state index contributed by atoms with van der Waals surface area (Å²) < 4.78 is 22.0. The first kappa shape index (κ1) is 15.3. The zero-order valence-electron chi connectivity index (χ0n) is 11.1. The molecule has 0 heterocycles. The summed E-state index contributed by atoms with van der Waals surface area (Å²) in [5, 5.41) is 5.61. The number of anilines is 2. The third-order valence-corrected chi connectivity index (χ3v) is 3.39. The third kappa shape index (κ3) is 5.17. The van der Waals surface area contributed by atoms with E-state index in [1.165, 1.54) is 6.26 Å². The molecule has 0 fully saturated rings. The number of hydrogen-bond donors (Lipinski definition) is 3. The highest BCUT2D eigenvalue weighted by Gasteiger charge is 2.08. The molecule has 1 rings (SSSR count). The van der Waals surface area contributed by atoms with Gasteiger partial charge < -0.3 is 16.4 Å². The normalized spacial score (nSPS) is 11.1. The molecule has 0 aromatic heterocycles. The fourth-order valence-electron chi connectivity index (χ4n) is 1.50. The lowest BCUT2D eigenvalue weighted by atomic mass is 10.1. The molecule has 4 N–H and O–H groups in total. The number of amides is 1. The minimum absolute atomic E-state index is 0.0323. The van der Waals surface area contributed by atoms with Crippen LogP contribution >= 0.6 is 0 Å². The van der Waals surface area contributed by atoms with Gasteiger partial charge in [-0.15, -0.1) is 0 Å². The molecular formula is C12H19N3O3S. The van der Waals surface area contributed by atoms with Gasteiger partial charge in [0.25, 0.3) is 5.91 Å². The molecule has 0 bridgehead atoms. The number of nitrogens with two attached hydrogens (primary N) is 1. The Morgan fingerprint density at radius 1 is 1.37 bits per heavy atom. The number of nitrogen functional groups attached to an aromatic ring is 1. The highest BCUT2D eigenvalue weighted by Crippen LogP contribution is 2.19. The molecule has 0 saturated carbocycles. The highest BCUT2D eigenvalue weighted by atomic mass is 32.2. The lowest BCUT2D eigenvalue weighted by molar-refractivity contribution is 0.0956. The van der Waals surface area contributed by atoms with Crippen molar-refractivity contribution in [2.24, 2.45) is 0 Å². The molecule has 0 atom stereocenters. The summed E-state index contributed by atoms with van der Waals surface area (Å²) in [7, 11) is -3.00. The Morgan fingerprint density at radius 2 is 2.05 bits per heavy atom. The van der Waals surface area contributed by atoms with Crippen LogP contribution < -0.4 is 16.4 Å². The van der Waals surface area contributed by atoms with Crippen LogP contribution in [-0.2, 0) is 9.84 Å². The molecule has 1 aromatic rings. The topological polar surface area (TPSA) is 101 Å². The minimum Gasteiger partial charge on any atom is -0.397 e. The van der Waals surface area contributed by atoms with Gasteiger partial charge in [-0.25, -0.2) is 8.42 Å². The number of nitrogens with one attached hydrogen (secondary N) is 2. The second kappa shape index (κ2) is 6.42. The van der Waals surface area contributed by atoms with Crippen molar-refractivity contribution in [3.8, 4) is 0 Å². The van der Waals surface area contributed by atoms with Crippen molar-refractivity contribution in [1.82, 2.24) is 5.32 Å². The molecule has 0 spiro atoms. The van der Waals surface area contributed by atoms with Crippen LogP contribution in [0.5, 0.6) is 0 Å². The molecule has 6 nitrogen and oxygen atoms in total. The van der Waals surface area contributed by atoms with Crippen molar-refractivity contribution >= 4 is 27.1 Å². The van der Waals surface area contributed by atoms with Gasteiger partial charge in [-0.1, -0.05) is 0 Å². The summed E-state index contributed by atoms with van der Waals surface area (Å²) in [5.74, 6) is -0.151. The van der Waals surface area contributed by atoms with Crippen molar-refractivity contribution in [3.05, 3.63) is 23.8 Å². The molecule has 0 unspecified atom stereocenters. The molecule has 0 aliphatic rings. The van der Waals surface area contributed by atoms with E-state index in [1.807, 2.05) is 6.92 Å². The summed E-state index contributed by atoms with van der Waals surface area (Å²) >= 11 is 0. The molecule has 0 saturated heterocycles. The summed E-state index contributed by atoms with van der Waals surface area (Å²) in [4.78, 5) is 11.6. The van der Waals surface area contributed by atoms with E-state index in [0.717, 1.165) is 0 Å². The lowest BCUT2D eigenvalue weighted by Gasteiger charge is -2.10. The van der Waals surface area contributed by atoms with Gasteiger partial charge in [0.15, 0.2) is 0 Å². The fraction of sp³-hybridized carbons (Fsp3) is 0.417. The maximum absolute atomic E-state index is 11.6. The van der Waals surface area contributed by atoms with E-state index < -0.39 is 9.84 Å². The maximum Gasteiger partial charge on any atom is 0.251 e. The Hall–Kier alpha value is -1.76. The second-order valence-corrected chi connectivity index (χ2v) is 6.48. The average Bonchev–Trinajstić information content (AvgIpc) is 2.30. The standard InChI is InChI=1S/C12H19N3O3S/c1-3-14-12(16)9-4-5-11(10(13)8-9)15-6-7-19(2,17)18/h4-5,8,15H,3,6-7,13H2,1-2H3,(H,14,16). The van der Waals surface area contributed by atoms with Crippen LogP contribution in [0.1, 0.15) is 17.3 Å². The van der Waals surface area contributed by atoms with Gasteiger partial charge in [0, 0.05) is 24.9 Å². The van der Waals surface area contributed by atoms with Gasteiger partial charge in [0.05, 0.1) is 17.1 Å².